The van der Waals surface area contributed by atoms with E-state index in [0.717, 1.165) is 44.2 Å². The van der Waals surface area contributed by atoms with Gasteiger partial charge < -0.3 is 20.7 Å². The maximum Gasteiger partial charge on any atom is 0.221 e. The van der Waals surface area contributed by atoms with E-state index in [0.29, 0.717) is 25.6 Å². The Bertz CT molecular complexity index is 718. The lowest BCUT2D eigenvalue weighted by molar-refractivity contribution is -0.121. The number of nitrogens with zero attached hydrogens (tertiary/aromatic N) is 2. The molecule has 1 amide bonds. The molecule has 32 heavy (non-hydrogen) atoms. The molecule has 1 aromatic rings. The fourth-order valence-electron chi connectivity index (χ4n) is 4.52. The lowest BCUT2D eigenvalue weighted by Gasteiger charge is -2.27. The molecule has 1 atom stereocenters. The highest BCUT2D eigenvalue weighted by Crippen LogP contribution is 2.28. The van der Waals surface area contributed by atoms with Crippen LogP contribution in [0.3, 0.4) is 0 Å². The number of hydrogen-bond donors (Lipinski definition) is 3. The maximum atomic E-state index is 12.2. The van der Waals surface area contributed by atoms with Crippen LogP contribution in [0, 0.1) is 0 Å². The van der Waals surface area contributed by atoms with Gasteiger partial charge in [-0.15, -0.1) is 24.0 Å². The molecule has 8 heteroatoms. The minimum Gasteiger partial charge on any atom is -0.497 e. The highest BCUT2D eigenvalue weighted by molar-refractivity contribution is 14.0. The summed E-state index contributed by atoms with van der Waals surface area (Å²) in [5, 5.41) is 9.79. The molecule has 3 N–H and O–H groups in total. The van der Waals surface area contributed by atoms with Crippen LogP contribution in [0.2, 0.25) is 0 Å². The number of likely N-dealkylation sites (tertiary alicyclic amines) is 1. The van der Waals surface area contributed by atoms with E-state index in [4.69, 9.17) is 9.73 Å². The molecule has 0 bridgehead atoms. The van der Waals surface area contributed by atoms with Crippen LogP contribution in [-0.2, 0) is 4.79 Å². The largest absolute Gasteiger partial charge is 0.497 e. The van der Waals surface area contributed by atoms with E-state index in [9.17, 15) is 4.79 Å². The molecule has 2 aliphatic rings. The third-order valence-corrected chi connectivity index (χ3v) is 6.19. The maximum absolute atomic E-state index is 12.2. The molecule has 1 aliphatic carbocycles. The van der Waals surface area contributed by atoms with Gasteiger partial charge in [0.2, 0.25) is 5.91 Å². The molecule has 0 radical (unpaired) electrons. The molecule has 1 aromatic carbocycles. The Labute approximate surface area is 210 Å². The van der Waals surface area contributed by atoms with Gasteiger partial charge in [-0.1, -0.05) is 25.0 Å². The number of methoxy groups -OCH3 is 1. The average molecular weight is 558 g/mol. The fourth-order valence-corrected chi connectivity index (χ4v) is 4.52. The summed E-state index contributed by atoms with van der Waals surface area (Å²) in [6, 6.07) is 8.90. The molecular formula is C24H40IN5O2. The number of hydrogen-bond acceptors (Lipinski definition) is 4. The Kier molecular flexibility index (Phi) is 12.2. The molecule has 1 unspecified atom stereocenters. The number of halogens is 1. The van der Waals surface area contributed by atoms with E-state index < -0.39 is 0 Å². The van der Waals surface area contributed by atoms with Crippen LogP contribution < -0.4 is 20.7 Å². The van der Waals surface area contributed by atoms with E-state index in [1.165, 1.54) is 31.2 Å². The van der Waals surface area contributed by atoms with Gasteiger partial charge in [-0.05, 0) is 63.4 Å². The minimum absolute atomic E-state index is 0. The van der Waals surface area contributed by atoms with Crippen molar-refractivity contribution in [1.82, 2.24) is 20.9 Å². The summed E-state index contributed by atoms with van der Waals surface area (Å²) in [6.07, 6.45) is 7.62. The average Bonchev–Trinajstić information content (AvgIpc) is 3.49. The highest BCUT2D eigenvalue weighted by Gasteiger charge is 2.24. The third-order valence-electron chi connectivity index (χ3n) is 6.19. The molecule has 2 fully saturated rings. The number of carbonyl (C=O) groups is 1. The predicted molar refractivity (Wildman–Crippen MR) is 141 cm³/mol. The fraction of sp³-hybridized carbons (Fsp3) is 0.667. The first-order valence-corrected chi connectivity index (χ1v) is 11.9. The van der Waals surface area contributed by atoms with Gasteiger partial charge in [0.05, 0.1) is 19.7 Å². The van der Waals surface area contributed by atoms with Crippen LogP contribution in [-0.4, -0.2) is 62.6 Å². The van der Waals surface area contributed by atoms with Gasteiger partial charge in [0.25, 0.3) is 0 Å². The lowest BCUT2D eigenvalue weighted by atomic mass is 10.1. The van der Waals surface area contributed by atoms with E-state index in [1.807, 2.05) is 12.1 Å². The number of ether oxygens (including phenoxy) is 1. The standard InChI is InChI=1S/C24H39N5O2.HI/c1-3-25-24(26-14-13-23(30)28-20-10-4-5-11-20)27-18-22(29-15-6-7-16-29)19-9-8-12-21(17-19)31-2;/h8-9,12,17,20,22H,3-7,10-11,13-16,18H2,1-2H3,(H,28,30)(H2,25,26,27);1H. The quantitative estimate of drug-likeness (QED) is 0.234. The molecule has 3 rings (SSSR count). The zero-order valence-corrected chi connectivity index (χ0v) is 21.9. The summed E-state index contributed by atoms with van der Waals surface area (Å²) in [4.78, 5) is 19.6. The van der Waals surface area contributed by atoms with Crippen molar-refractivity contribution in [2.75, 3.05) is 39.8 Å². The first-order chi connectivity index (χ1) is 15.2. The molecule has 0 aromatic heterocycles. The Morgan fingerprint density at radius 3 is 2.62 bits per heavy atom. The molecule has 1 saturated heterocycles. The van der Waals surface area contributed by atoms with Gasteiger partial charge in [-0.3, -0.25) is 14.7 Å². The Morgan fingerprint density at radius 1 is 1.19 bits per heavy atom. The summed E-state index contributed by atoms with van der Waals surface area (Å²) in [5.41, 5.74) is 1.23. The molecule has 0 spiro atoms. The zero-order valence-electron chi connectivity index (χ0n) is 19.6. The second-order valence-corrected chi connectivity index (χ2v) is 8.48. The molecule has 1 heterocycles. The number of aliphatic imine (C=N–C) groups is 1. The van der Waals surface area contributed by atoms with Crippen molar-refractivity contribution in [2.45, 2.75) is 64.0 Å². The Hall–Kier alpha value is -1.55. The SMILES string of the molecule is CCNC(=NCC(c1cccc(OC)c1)N1CCCC1)NCCC(=O)NC1CCCC1.I. The second kappa shape index (κ2) is 14.6. The number of nitrogens with one attached hydrogen (secondary N) is 3. The smallest absolute Gasteiger partial charge is 0.221 e. The molecular weight excluding hydrogens is 517 g/mol. The van der Waals surface area contributed by atoms with E-state index in [2.05, 4.69) is 39.9 Å². The van der Waals surface area contributed by atoms with Crippen LogP contribution in [0.15, 0.2) is 29.3 Å². The summed E-state index contributed by atoms with van der Waals surface area (Å²) in [7, 11) is 1.71. The third kappa shape index (κ3) is 8.42. The van der Waals surface area contributed by atoms with Crippen LogP contribution in [0.5, 0.6) is 5.75 Å². The normalized spacial score (nSPS) is 18.1. The van der Waals surface area contributed by atoms with Gasteiger partial charge in [0, 0.05) is 25.6 Å². The van der Waals surface area contributed by atoms with Crippen LogP contribution >= 0.6 is 24.0 Å². The van der Waals surface area contributed by atoms with Crippen molar-refractivity contribution in [2.24, 2.45) is 4.99 Å². The second-order valence-electron chi connectivity index (χ2n) is 8.48. The first-order valence-electron chi connectivity index (χ1n) is 11.9. The summed E-state index contributed by atoms with van der Waals surface area (Å²) in [6.45, 7) is 6.29. The number of benzene rings is 1. The summed E-state index contributed by atoms with van der Waals surface area (Å²) < 4.78 is 5.44. The predicted octanol–water partition coefficient (Wildman–Crippen LogP) is 3.45. The number of rotatable bonds is 10. The van der Waals surface area contributed by atoms with Gasteiger partial charge in [0.15, 0.2) is 5.96 Å². The summed E-state index contributed by atoms with van der Waals surface area (Å²) in [5.74, 6) is 1.77. The molecule has 1 saturated carbocycles. The number of carbonyl (C=O) groups excluding carboxylic acids is 1. The van der Waals surface area contributed by atoms with Crippen molar-refractivity contribution in [3.8, 4) is 5.75 Å². The zero-order chi connectivity index (χ0) is 21.9. The van der Waals surface area contributed by atoms with Crippen molar-refractivity contribution in [1.29, 1.82) is 0 Å². The lowest BCUT2D eigenvalue weighted by Crippen LogP contribution is -2.41. The van der Waals surface area contributed by atoms with Crippen LogP contribution in [0.25, 0.3) is 0 Å². The van der Waals surface area contributed by atoms with E-state index >= 15 is 0 Å². The van der Waals surface area contributed by atoms with E-state index in [-0.39, 0.29) is 35.9 Å². The molecule has 1 aliphatic heterocycles. The van der Waals surface area contributed by atoms with Crippen molar-refractivity contribution in [3.05, 3.63) is 29.8 Å². The Balaban J connectivity index is 0.00000363. The Morgan fingerprint density at radius 2 is 1.94 bits per heavy atom. The van der Waals surface area contributed by atoms with Gasteiger partial charge >= 0.3 is 0 Å². The number of guanidine groups is 1. The van der Waals surface area contributed by atoms with Crippen molar-refractivity contribution < 1.29 is 9.53 Å². The number of amides is 1. The van der Waals surface area contributed by atoms with Crippen LogP contribution in [0.1, 0.15) is 63.5 Å². The molecule has 180 valence electrons. The van der Waals surface area contributed by atoms with Gasteiger partial charge in [0.1, 0.15) is 5.75 Å². The summed E-state index contributed by atoms with van der Waals surface area (Å²) >= 11 is 0. The van der Waals surface area contributed by atoms with Gasteiger partial charge in [-0.25, -0.2) is 0 Å². The monoisotopic (exact) mass is 557 g/mol. The molecule has 7 nitrogen and oxygen atoms in total. The van der Waals surface area contributed by atoms with E-state index in [1.54, 1.807) is 7.11 Å². The highest BCUT2D eigenvalue weighted by atomic mass is 127. The minimum atomic E-state index is 0. The first kappa shape index (κ1) is 26.7. The van der Waals surface area contributed by atoms with Crippen molar-refractivity contribution >= 4 is 35.8 Å². The topological polar surface area (TPSA) is 78.0 Å². The van der Waals surface area contributed by atoms with Crippen LogP contribution in [0.4, 0.5) is 0 Å². The van der Waals surface area contributed by atoms with Crippen molar-refractivity contribution in [3.63, 3.8) is 0 Å². The van der Waals surface area contributed by atoms with Gasteiger partial charge in [-0.2, -0.15) is 0 Å².